The Labute approximate surface area is 180 Å². The molecule has 0 aliphatic carbocycles. The first-order valence-corrected chi connectivity index (χ1v) is 11.0. The zero-order valence-corrected chi connectivity index (χ0v) is 17.7. The predicted octanol–water partition coefficient (Wildman–Crippen LogP) is 3.03. The fourth-order valence-corrected chi connectivity index (χ4v) is 4.32. The van der Waals surface area contributed by atoms with E-state index in [1.54, 1.807) is 18.2 Å². The van der Waals surface area contributed by atoms with Gasteiger partial charge in [0.1, 0.15) is 11.4 Å². The molecule has 0 saturated carbocycles. The molecule has 0 aliphatic rings. The van der Waals surface area contributed by atoms with Crippen LogP contribution in [0, 0.1) is 0 Å². The standard InChI is InChI=1S/C20H17F3N5O3S/c1-3-32(30,31)16-8-12(14-6-4-5-7-28(14)29)10-25-18(16)19-26-13-9-17(20(21,22)23)24-11-15(13)27(19)2/h4-11,29H,3H2,1-2H3/q+1. The number of nitrogens with zero attached hydrogens (tertiary/aromatic N) is 5. The second-order valence-electron chi connectivity index (χ2n) is 6.96. The number of pyridine rings is 3. The predicted molar refractivity (Wildman–Crippen MR) is 107 cm³/mol. The van der Waals surface area contributed by atoms with Crippen LogP contribution < -0.4 is 4.73 Å². The van der Waals surface area contributed by atoms with Crippen LogP contribution in [-0.2, 0) is 23.1 Å². The van der Waals surface area contributed by atoms with Crippen LogP contribution in [0.25, 0.3) is 33.8 Å². The molecule has 32 heavy (non-hydrogen) atoms. The lowest BCUT2D eigenvalue weighted by molar-refractivity contribution is -0.896. The number of rotatable bonds is 4. The van der Waals surface area contributed by atoms with Crippen LogP contribution in [-0.4, -0.2) is 38.9 Å². The van der Waals surface area contributed by atoms with Crippen molar-refractivity contribution in [1.29, 1.82) is 0 Å². The van der Waals surface area contributed by atoms with Crippen molar-refractivity contribution in [1.82, 2.24) is 19.5 Å². The minimum atomic E-state index is -4.64. The van der Waals surface area contributed by atoms with Crippen LogP contribution in [0.5, 0.6) is 0 Å². The lowest BCUT2D eigenvalue weighted by Crippen LogP contribution is -2.31. The normalized spacial score (nSPS) is 12.4. The van der Waals surface area contributed by atoms with Gasteiger partial charge in [-0.3, -0.25) is 10.2 Å². The Morgan fingerprint density at radius 2 is 1.91 bits per heavy atom. The van der Waals surface area contributed by atoms with E-state index < -0.39 is 21.7 Å². The molecule has 0 atom stereocenters. The van der Waals surface area contributed by atoms with Gasteiger partial charge in [-0.15, -0.1) is 0 Å². The molecule has 1 N–H and O–H groups in total. The summed E-state index contributed by atoms with van der Waals surface area (Å²) in [4.78, 5) is 11.8. The maximum atomic E-state index is 13.0. The van der Waals surface area contributed by atoms with E-state index in [4.69, 9.17) is 0 Å². The Kier molecular flexibility index (Phi) is 5.12. The molecular formula is C20H17F3N5O3S+. The Morgan fingerprint density at radius 1 is 1.16 bits per heavy atom. The van der Waals surface area contributed by atoms with Crippen molar-refractivity contribution in [3.8, 4) is 22.8 Å². The number of fused-ring (bicyclic) bond motifs is 1. The van der Waals surface area contributed by atoms with E-state index in [2.05, 4.69) is 15.0 Å². The second kappa shape index (κ2) is 7.55. The summed E-state index contributed by atoms with van der Waals surface area (Å²) in [6, 6.07) is 7.01. The monoisotopic (exact) mass is 464 g/mol. The molecule has 4 heterocycles. The number of aromatic nitrogens is 5. The molecule has 0 aromatic carbocycles. The van der Waals surface area contributed by atoms with E-state index in [-0.39, 0.29) is 33.2 Å². The van der Waals surface area contributed by atoms with E-state index in [1.165, 1.54) is 37.0 Å². The first-order chi connectivity index (χ1) is 15.0. The van der Waals surface area contributed by atoms with Crippen LogP contribution in [0.2, 0.25) is 0 Å². The van der Waals surface area contributed by atoms with E-state index >= 15 is 0 Å². The number of sulfone groups is 1. The summed E-state index contributed by atoms with van der Waals surface area (Å²) in [6.45, 7) is 1.47. The second-order valence-corrected chi connectivity index (χ2v) is 9.20. The fourth-order valence-electron chi connectivity index (χ4n) is 3.26. The first kappa shape index (κ1) is 21.7. The number of aryl methyl sites for hydroxylation is 1. The number of hydrogen-bond acceptors (Lipinski definition) is 6. The van der Waals surface area contributed by atoms with Crippen molar-refractivity contribution in [3.63, 3.8) is 0 Å². The van der Waals surface area contributed by atoms with E-state index in [0.29, 0.717) is 11.3 Å². The maximum absolute atomic E-state index is 13.0. The zero-order valence-electron chi connectivity index (χ0n) is 16.9. The van der Waals surface area contributed by atoms with Crippen LogP contribution in [0.15, 0.2) is 53.8 Å². The number of alkyl halides is 3. The van der Waals surface area contributed by atoms with Gasteiger partial charge in [-0.1, -0.05) is 6.92 Å². The van der Waals surface area contributed by atoms with Gasteiger partial charge in [0.05, 0.1) is 33.4 Å². The highest BCUT2D eigenvalue weighted by molar-refractivity contribution is 7.91. The molecule has 0 fully saturated rings. The summed E-state index contributed by atoms with van der Waals surface area (Å²) in [6.07, 6.45) is -0.855. The topological polar surface area (TPSA) is 102 Å². The average Bonchev–Trinajstić information content (AvgIpc) is 3.09. The zero-order chi connectivity index (χ0) is 23.3. The molecule has 0 bridgehead atoms. The van der Waals surface area contributed by atoms with Crippen molar-refractivity contribution >= 4 is 20.9 Å². The molecule has 12 heteroatoms. The third kappa shape index (κ3) is 3.66. The highest BCUT2D eigenvalue weighted by Gasteiger charge is 2.33. The summed E-state index contributed by atoms with van der Waals surface area (Å²) in [5.41, 5.74) is -0.173. The summed E-state index contributed by atoms with van der Waals surface area (Å²) < 4.78 is 67.1. The Balaban J connectivity index is 1.96. The van der Waals surface area contributed by atoms with Crippen molar-refractivity contribution in [2.45, 2.75) is 18.0 Å². The molecule has 0 aliphatic heterocycles. The first-order valence-electron chi connectivity index (χ1n) is 9.36. The van der Waals surface area contributed by atoms with E-state index in [0.717, 1.165) is 17.0 Å². The number of hydrogen-bond donors (Lipinski definition) is 1. The minimum absolute atomic E-state index is 0.00630. The molecule has 0 saturated heterocycles. The van der Waals surface area contributed by atoms with Crippen LogP contribution >= 0.6 is 0 Å². The van der Waals surface area contributed by atoms with Crippen molar-refractivity contribution in [2.75, 3.05) is 5.75 Å². The molecule has 166 valence electrons. The van der Waals surface area contributed by atoms with E-state index in [1.807, 2.05) is 0 Å². The minimum Gasteiger partial charge on any atom is -0.324 e. The van der Waals surface area contributed by atoms with Crippen LogP contribution in [0.1, 0.15) is 12.6 Å². The number of imidazole rings is 1. The summed E-state index contributed by atoms with van der Waals surface area (Å²) in [7, 11) is -2.27. The maximum Gasteiger partial charge on any atom is 0.433 e. The molecule has 8 nitrogen and oxygen atoms in total. The molecule has 0 radical (unpaired) electrons. The molecular weight excluding hydrogens is 447 g/mol. The number of halogens is 3. The average molecular weight is 464 g/mol. The Bertz CT molecular complexity index is 1450. The summed E-state index contributed by atoms with van der Waals surface area (Å²) in [5, 5.41) is 10.1. The van der Waals surface area contributed by atoms with Crippen LogP contribution in [0.3, 0.4) is 0 Å². The highest BCUT2D eigenvalue weighted by atomic mass is 32.2. The Morgan fingerprint density at radius 3 is 2.56 bits per heavy atom. The molecule has 4 aromatic rings. The Hall–Kier alpha value is -3.54. The van der Waals surface area contributed by atoms with Gasteiger partial charge in [0.25, 0.3) is 5.69 Å². The van der Waals surface area contributed by atoms with Gasteiger partial charge in [-0.25, -0.2) is 18.4 Å². The highest BCUT2D eigenvalue weighted by Crippen LogP contribution is 2.33. The van der Waals surface area contributed by atoms with Gasteiger partial charge in [0.15, 0.2) is 15.7 Å². The van der Waals surface area contributed by atoms with Gasteiger partial charge < -0.3 is 4.57 Å². The quantitative estimate of drug-likeness (QED) is 0.368. The SMILES string of the molecule is CCS(=O)(=O)c1cc(-c2cccc[n+]2O)cnc1-c1nc2cc(C(F)(F)F)ncc2n1C. The largest absolute Gasteiger partial charge is 0.433 e. The molecule has 0 spiro atoms. The smallest absolute Gasteiger partial charge is 0.324 e. The van der Waals surface area contributed by atoms with E-state index in [9.17, 15) is 26.8 Å². The molecule has 4 rings (SSSR count). The molecule has 0 amide bonds. The van der Waals surface area contributed by atoms with Gasteiger partial charge >= 0.3 is 6.18 Å². The van der Waals surface area contributed by atoms with Gasteiger partial charge in [-0.2, -0.15) is 13.2 Å². The third-order valence-corrected chi connectivity index (χ3v) is 6.71. The summed E-state index contributed by atoms with van der Waals surface area (Å²) in [5.74, 6) is -0.160. The van der Waals surface area contributed by atoms with Gasteiger partial charge in [-0.05, 0) is 18.2 Å². The van der Waals surface area contributed by atoms with Gasteiger partial charge in [0.2, 0.25) is 6.20 Å². The third-order valence-electron chi connectivity index (χ3n) is 4.97. The lowest BCUT2D eigenvalue weighted by atomic mass is 10.1. The van der Waals surface area contributed by atoms with Crippen molar-refractivity contribution in [2.24, 2.45) is 7.05 Å². The molecule has 4 aromatic heterocycles. The molecule has 0 unspecified atom stereocenters. The van der Waals surface area contributed by atoms with Crippen LogP contribution in [0.4, 0.5) is 13.2 Å². The summed E-state index contributed by atoms with van der Waals surface area (Å²) >= 11 is 0. The van der Waals surface area contributed by atoms with Crippen molar-refractivity contribution < 1.29 is 31.5 Å². The fraction of sp³-hybridized carbons (Fsp3) is 0.200. The van der Waals surface area contributed by atoms with Gasteiger partial charge in [0, 0.05) is 30.1 Å². The van der Waals surface area contributed by atoms with Crippen molar-refractivity contribution in [3.05, 3.63) is 54.6 Å². The lowest BCUT2D eigenvalue weighted by Gasteiger charge is -2.10.